The second-order valence-corrected chi connectivity index (χ2v) is 4.14. The molecule has 5 heteroatoms. The van der Waals surface area contributed by atoms with E-state index in [1.807, 2.05) is 6.92 Å². The van der Waals surface area contributed by atoms with Gasteiger partial charge >= 0.3 is 6.18 Å². The summed E-state index contributed by atoms with van der Waals surface area (Å²) in [5.74, 6) is -0.843. The molecule has 0 saturated heterocycles. The van der Waals surface area contributed by atoms with E-state index in [2.05, 4.69) is 0 Å². The molecule has 0 aliphatic carbocycles. The summed E-state index contributed by atoms with van der Waals surface area (Å²) in [5, 5.41) is 0. The molecule has 0 spiro atoms. The highest BCUT2D eigenvalue weighted by Crippen LogP contribution is 2.36. The van der Waals surface area contributed by atoms with Gasteiger partial charge in [-0.05, 0) is 29.7 Å². The molecule has 1 nitrogen and oxygen atoms in total. The van der Waals surface area contributed by atoms with Gasteiger partial charge in [0.25, 0.3) is 0 Å². The van der Waals surface area contributed by atoms with Crippen LogP contribution in [0.2, 0.25) is 0 Å². The Hall–Kier alpha value is -1.10. The van der Waals surface area contributed by atoms with Gasteiger partial charge in [-0.25, -0.2) is 4.39 Å². The maximum Gasteiger partial charge on any atom is 0.416 e. The fourth-order valence-electron chi connectivity index (χ4n) is 1.63. The van der Waals surface area contributed by atoms with Crippen molar-refractivity contribution in [2.24, 2.45) is 11.7 Å². The summed E-state index contributed by atoms with van der Waals surface area (Å²) in [4.78, 5) is 0. The third kappa shape index (κ3) is 3.19. The largest absolute Gasteiger partial charge is 0.416 e. The van der Waals surface area contributed by atoms with Crippen molar-refractivity contribution in [2.45, 2.75) is 32.5 Å². The second-order valence-electron chi connectivity index (χ2n) is 4.14. The van der Waals surface area contributed by atoms with Gasteiger partial charge in [-0.2, -0.15) is 13.2 Å². The van der Waals surface area contributed by atoms with Crippen molar-refractivity contribution in [2.75, 3.05) is 0 Å². The lowest BCUT2D eigenvalue weighted by atomic mass is 9.90. The number of nitrogens with two attached hydrogens (primary N) is 1. The van der Waals surface area contributed by atoms with E-state index >= 15 is 0 Å². The predicted molar refractivity (Wildman–Crippen MR) is 57.8 cm³/mol. The van der Waals surface area contributed by atoms with E-state index in [9.17, 15) is 17.6 Å². The Morgan fingerprint density at radius 3 is 2.35 bits per heavy atom. The molecule has 2 N–H and O–H groups in total. The van der Waals surface area contributed by atoms with Crippen LogP contribution in [-0.4, -0.2) is 0 Å². The zero-order chi connectivity index (χ0) is 13.2. The van der Waals surface area contributed by atoms with Crippen LogP contribution in [0.4, 0.5) is 17.6 Å². The fraction of sp³-hybridized carbons (Fsp3) is 0.500. The summed E-state index contributed by atoms with van der Waals surface area (Å²) < 4.78 is 51.2. The van der Waals surface area contributed by atoms with Crippen LogP contribution in [0, 0.1) is 11.7 Å². The molecule has 0 fully saturated rings. The zero-order valence-corrected chi connectivity index (χ0v) is 9.68. The third-order valence-electron chi connectivity index (χ3n) is 2.94. The molecule has 1 aromatic carbocycles. The number of benzene rings is 1. The van der Waals surface area contributed by atoms with E-state index in [0.29, 0.717) is 6.42 Å². The van der Waals surface area contributed by atoms with Gasteiger partial charge in [0.05, 0.1) is 5.56 Å². The van der Waals surface area contributed by atoms with Crippen molar-refractivity contribution in [3.63, 3.8) is 0 Å². The molecule has 0 aliphatic rings. The van der Waals surface area contributed by atoms with Crippen LogP contribution < -0.4 is 5.73 Å². The summed E-state index contributed by atoms with van der Waals surface area (Å²) >= 11 is 0. The maximum atomic E-state index is 13.0. The average molecular weight is 249 g/mol. The van der Waals surface area contributed by atoms with Gasteiger partial charge in [-0.3, -0.25) is 0 Å². The summed E-state index contributed by atoms with van der Waals surface area (Å²) in [6.45, 7) is 3.58. The van der Waals surface area contributed by atoms with Crippen molar-refractivity contribution in [3.05, 3.63) is 35.1 Å². The first kappa shape index (κ1) is 14.0. The summed E-state index contributed by atoms with van der Waals surface area (Å²) in [5.41, 5.74) is 4.72. The molecular weight excluding hydrogens is 234 g/mol. The second kappa shape index (κ2) is 5.04. The van der Waals surface area contributed by atoms with E-state index in [0.717, 1.165) is 18.2 Å². The lowest BCUT2D eigenvalue weighted by Gasteiger charge is -2.22. The monoisotopic (exact) mass is 249 g/mol. The summed E-state index contributed by atoms with van der Waals surface area (Å²) in [7, 11) is 0. The predicted octanol–water partition coefficient (Wildman–Crippen LogP) is 3.89. The van der Waals surface area contributed by atoms with Gasteiger partial charge < -0.3 is 5.73 Å². The zero-order valence-electron chi connectivity index (χ0n) is 9.68. The van der Waals surface area contributed by atoms with Gasteiger partial charge in [-0.1, -0.05) is 20.3 Å². The Balaban J connectivity index is 3.25. The number of rotatable bonds is 3. The first-order valence-corrected chi connectivity index (χ1v) is 5.39. The molecule has 0 aliphatic heterocycles. The minimum absolute atomic E-state index is 0.141. The Kier molecular flexibility index (Phi) is 4.14. The fourth-order valence-corrected chi connectivity index (χ4v) is 1.63. The molecule has 96 valence electrons. The van der Waals surface area contributed by atoms with E-state index < -0.39 is 23.6 Å². The highest BCUT2D eigenvalue weighted by molar-refractivity contribution is 5.33. The average Bonchev–Trinajstić information content (AvgIpc) is 2.25. The van der Waals surface area contributed by atoms with E-state index in [1.54, 1.807) is 6.92 Å². The number of hydrogen-bond acceptors (Lipinski definition) is 1. The van der Waals surface area contributed by atoms with Crippen LogP contribution in [0.5, 0.6) is 0 Å². The molecule has 0 radical (unpaired) electrons. The van der Waals surface area contributed by atoms with Crippen molar-refractivity contribution in [1.82, 2.24) is 0 Å². The van der Waals surface area contributed by atoms with Gasteiger partial charge in [0.15, 0.2) is 0 Å². The Morgan fingerprint density at radius 1 is 1.29 bits per heavy atom. The lowest BCUT2D eigenvalue weighted by Crippen LogP contribution is -2.23. The van der Waals surface area contributed by atoms with E-state index in [1.165, 1.54) is 0 Å². The quantitative estimate of drug-likeness (QED) is 0.808. The van der Waals surface area contributed by atoms with Crippen LogP contribution >= 0.6 is 0 Å². The van der Waals surface area contributed by atoms with Crippen molar-refractivity contribution < 1.29 is 17.6 Å². The van der Waals surface area contributed by atoms with Crippen LogP contribution in [0.25, 0.3) is 0 Å². The Bertz CT molecular complexity index is 387. The molecule has 0 amide bonds. The van der Waals surface area contributed by atoms with Gasteiger partial charge in [0.1, 0.15) is 5.82 Å². The van der Waals surface area contributed by atoms with Crippen molar-refractivity contribution in [1.29, 1.82) is 0 Å². The smallest absolute Gasteiger partial charge is 0.324 e. The molecule has 0 heterocycles. The van der Waals surface area contributed by atoms with Gasteiger partial charge in [-0.15, -0.1) is 0 Å². The standard InChI is InChI=1S/C12H15F4N/c1-3-7(2)11(17)9-6-8(13)4-5-10(9)12(14,15)16/h4-7,11H,3,17H2,1-2H3. The minimum Gasteiger partial charge on any atom is -0.324 e. The molecule has 0 bridgehead atoms. The number of hydrogen-bond donors (Lipinski definition) is 1. The normalized spacial score (nSPS) is 15.7. The molecule has 17 heavy (non-hydrogen) atoms. The summed E-state index contributed by atoms with van der Waals surface area (Å²) in [6, 6.07) is 1.61. The van der Waals surface area contributed by atoms with Crippen LogP contribution in [0.3, 0.4) is 0 Å². The molecule has 0 saturated carbocycles. The Morgan fingerprint density at radius 2 is 1.88 bits per heavy atom. The van der Waals surface area contributed by atoms with E-state index in [-0.39, 0.29) is 11.5 Å². The number of alkyl halides is 3. The SMILES string of the molecule is CCC(C)C(N)c1cc(F)ccc1C(F)(F)F. The first-order valence-electron chi connectivity index (χ1n) is 5.39. The van der Waals surface area contributed by atoms with Crippen molar-refractivity contribution in [3.8, 4) is 0 Å². The Labute approximate surface area is 97.6 Å². The third-order valence-corrected chi connectivity index (χ3v) is 2.94. The first-order chi connectivity index (χ1) is 7.77. The molecule has 2 atom stereocenters. The topological polar surface area (TPSA) is 26.0 Å². The molecule has 0 aromatic heterocycles. The van der Waals surface area contributed by atoms with Crippen LogP contribution in [-0.2, 0) is 6.18 Å². The molecule has 2 unspecified atom stereocenters. The van der Waals surface area contributed by atoms with Gasteiger partial charge in [0, 0.05) is 6.04 Å². The number of halogens is 4. The van der Waals surface area contributed by atoms with Crippen LogP contribution in [0.15, 0.2) is 18.2 Å². The lowest BCUT2D eigenvalue weighted by molar-refractivity contribution is -0.138. The van der Waals surface area contributed by atoms with Gasteiger partial charge in [0.2, 0.25) is 0 Å². The van der Waals surface area contributed by atoms with E-state index in [4.69, 9.17) is 5.73 Å². The highest BCUT2D eigenvalue weighted by atomic mass is 19.4. The molecule has 1 rings (SSSR count). The summed E-state index contributed by atoms with van der Waals surface area (Å²) in [6.07, 6.45) is -3.87. The highest BCUT2D eigenvalue weighted by Gasteiger charge is 2.35. The van der Waals surface area contributed by atoms with Crippen molar-refractivity contribution >= 4 is 0 Å². The minimum atomic E-state index is -4.51. The molecule has 1 aromatic rings. The van der Waals surface area contributed by atoms with Crippen LogP contribution in [0.1, 0.15) is 37.4 Å². The maximum absolute atomic E-state index is 13.0. The molecular formula is C12H15F4N.